The van der Waals surface area contributed by atoms with Crippen LogP contribution in [0.5, 0.6) is 0 Å². The molecule has 224 valence electrons. The van der Waals surface area contributed by atoms with Crippen molar-refractivity contribution in [2.24, 2.45) is 5.73 Å². The molecule has 0 spiro atoms. The van der Waals surface area contributed by atoms with Crippen LogP contribution in [0.4, 0.5) is 11.4 Å². The zero-order valence-electron chi connectivity index (χ0n) is 23.8. The van der Waals surface area contributed by atoms with Crippen LogP contribution in [0.3, 0.4) is 0 Å². The van der Waals surface area contributed by atoms with Crippen molar-refractivity contribution in [2.75, 3.05) is 10.6 Å². The molecule has 45 heavy (non-hydrogen) atoms. The summed E-state index contributed by atoms with van der Waals surface area (Å²) in [5.74, 6) is -1.66. The summed E-state index contributed by atoms with van der Waals surface area (Å²) >= 11 is 2.80. The lowest BCUT2D eigenvalue weighted by Gasteiger charge is -2.18. The summed E-state index contributed by atoms with van der Waals surface area (Å²) in [6.07, 6.45) is 1.63. The Balaban J connectivity index is 1.29. The molecule has 10 heteroatoms. The van der Waals surface area contributed by atoms with Gasteiger partial charge in [-0.15, -0.1) is 23.1 Å². The maximum Gasteiger partial charge on any atom is 0.272 e. The minimum atomic E-state index is -0.587. The number of nitrogens with two attached hydrogens (primary N) is 1. The van der Waals surface area contributed by atoms with Crippen LogP contribution in [-0.4, -0.2) is 23.6 Å². The first-order valence-corrected chi connectivity index (χ1v) is 15.6. The summed E-state index contributed by atoms with van der Waals surface area (Å²) in [6.45, 7) is 0. The van der Waals surface area contributed by atoms with Gasteiger partial charge in [0, 0.05) is 32.3 Å². The second-order valence-electron chi connectivity index (χ2n) is 9.71. The van der Waals surface area contributed by atoms with Gasteiger partial charge in [0.15, 0.2) is 0 Å². The van der Waals surface area contributed by atoms with Crippen molar-refractivity contribution in [2.45, 2.75) is 10.1 Å². The summed E-state index contributed by atoms with van der Waals surface area (Å²) in [4.78, 5) is 52.6. The van der Waals surface area contributed by atoms with Gasteiger partial charge in [0.05, 0.1) is 0 Å². The molecule has 0 saturated carbocycles. The highest BCUT2D eigenvalue weighted by atomic mass is 32.2. The number of primary amides is 1. The normalized spacial score (nSPS) is 11.7. The van der Waals surface area contributed by atoms with Crippen LogP contribution < -0.4 is 21.7 Å². The number of anilines is 2. The first-order chi connectivity index (χ1) is 21.9. The monoisotopic (exact) mass is 632 g/mol. The first kappa shape index (κ1) is 31.0. The molecule has 1 atom stereocenters. The largest absolute Gasteiger partial charge is 0.366 e. The van der Waals surface area contributed by atoms with Gasteiger partial charge in [-0.2, -0.15) is 0 Å². The SMILES string of the molecule is NC(=O)c1ccc(NC(=O)C(Sc2ccc(NC(=O)/C(=C/c3cccs3)NC(=O)c3ccccc3)cc2)c2ccccc2)cc1. The standard InChI is InChI=1S/C35H28N4O4S2/c36-32(40)24-13-15-26(16-14-24)38-35(43)31(23-8-3-1-4-9-23)45-28-19-17-27(18-20-28)37-34(42)30(22-29-12-7-21-44-29)39-33(41)25-10-5-2-6-11-25/h1-22,31H,(H2,36,40)(H,37,42)(H,38,43)(H,39,41)/b30-22-. The zero-order chi connectivity index (χ0) is 31.6. The molecule has 5 N–H and O–H groups in total. The van der Waals surface area contributed by atoms with E-state index in [0.717, 1.165) is 15.3 Å². The highest BCUT2D eigenvalue weighted by Crippen LogP contribution is 2.36. The van der Waals surface area contributed by atoms with E-state index in [-0.39, 0.29) is 11.6 Å². The fourth-order valence-electron chi connectivity index (χ4n) is 4.24. The van der Waals surface area contributed by atoms with Crippen LogP contribution in [0.2, 0.25) is 0 Å². The minimum absolute atomic E-state index is 0.106. The summed E-state index contributed by atoms with van der Waals surface area (Å²) in [5, 5.41) is 9.80. The van der Waals surface area contributed by atoms with Gasteiger partial charge in [-0.1, -0.05) is 54.6 Å². The van der Waals surface area contributed by atoms with E-state index in [0.29, 0.717) is 22.5 Å². The van der Waals surface area contributed by atoms with E-state index in [1.807, 2.05) is 66.0 Å². The van der Waals surface area contributed by atoms with Crippen molar-refractivity contribution in [3.8, 4) is 0 Å². The molecule has 0 fully saturated rings. The lowest BCUT2D eigenvalue weighted by atomic mass is 10.1. The molecule has 5 rings (SSSR count). The highest BCUT2D eigenvalue weighted by molar-refractivity contribution is 8.00. The molecule has 0 aliphatic heterocycles. The number of carbonyl (C=O) groups is 4. The average Bonchev–Trinajstić information content (AvgIpc) is 3.58. The summed E-state index contributed by atoms with van der Waals surface area (Å²) in [6, 6.07) is 35.3. The van der Waals surface area contributed by atoms with E-state index in [1.54, 1.807) is 66.7 Å². The molecule has 5 aromatic rings. The molecule has 0 saturated heterocycles. The Labute approximate surface area is 268 Å². The third kappa shape index (κ3) is 8.56. The molecule has 4 amide bonds. The molecule has 0 aliphatic rings. The maximum absolute atomic E-state index is 13.4. The lowest BCUT2D eigenvalue weighted by molar-refractivity contribution is -0.116. The van der Waals surface area contributed by atoms with Crippen molar-refractivity contribution < 1.29 is 19.2 Å². The molecular weight excluding hydrogens is 605 g/mol. The summed E-state index contributed by atoms with van der Waals surface area (Å²) in [5.41, 5.74) is 8.08. The number of rotatable bonds is 11. The topological polar surface area (TPSA) is 130 Å². The number of carbonyl (C=O) groups excluding carboxylic acids is 4. The molecule has 4 aromatic carbocycles. The van der Waals surface area contributed by atoms with Gasteiger partial charge in [-0.3, -0.25) is 19.2 Å². The van der Waals surface area contributed by atoms with E-state index in [4.69, 9.17) is 5.73 Å². The Bertz CT molecular complexity index is 1810. The van der Waals surface area contributed by atoms with Gasteiger partial charge < -0.3 is 21.7 Å². The maximum atomic E-state index is 13.4. The Morgan fingerprint density at radius 1 is 0.689 bits per heavy atom. The number of hydrogen-bond donors (Lipinski definition) is 4. The number of nitrogens with one attached hydrogen (secondary N) is 3. The van der Waals surface area contributed by atoms with Crippen LogP contribution in [0.25, 0.3) is 6.08 Å². The van der Waals surface area contributed by atoms with Crippen LogP contribution in [0.1, 0.15) is 36.4 Å². The van der Waals surface area contributed by atoms with Gasteiger partial charge in [0.25, 0.3) is 11.8 Å². The van der Waals surface area contributed by atoms with Crippen molar-refractivity contribution in [3.05, 3.63) is 154 Å². The number of benzene rings is 4. The average molecular weight is 633 g/mol. The predicted molar refractivity (Wildman–Crippen MR) is 180 cm³/mol. The first-order valence-electron chi connectivity index (χ1n) is 13.8. The zero-order valence-corrected chi connectivity index (χ0v) is 25.4. The molecule has 1 unspecified atom stereocenters. The van der Waals surface area contributed by atoms with E-state index >= 15 is 0 Å². The number of thioether (sulfide) groups is 1. The lowest BCUT2D eigenvalue weighted by Crippen LogP contribution is -2.30. The molecular formula is C35H28N4O4S2. The second-order valence-corrected chi connectivity index (χ2v) is 11.9. The number of amides is 4. The summed E-state index contributed by atoms with van der Waals surface area (Å²) < 4.78 is 0. The van der Waals surface area contributed by atoms with Crippen molar-refractivity contribution >= 4 is 64.2 Å². The molecule has 0 radical (unpaired) electrons. The van der Waals surface area contributed by atoms with Gasteiger partial charge in [-0.05, 0) is 83.7 Å². The van der Waals surface area contributed by atoms with E-state index in [2.05, 4.69) is 16.0 Å². The quantitative estimate of drug-likeness (QED) is 0.0948. The number of hydrogen-bond acceptors (Lipinski definition) is 6. The minimum Gasteiger partial charge on any atom is -0.366 e. The Morgan fingerprint density at radius 2 is 1.31 bits per heavy atom. The Morgan fingerprint density at radius 3 is 1.93 bits per heavy atom. The van der Waals surface area contributed by atoms with Crippen molar-refractivity contribution in [3.63, 3.8) is 0 Å². The molecule has 8 nitrogen and oxygen atoms in total. The van der Waals surface area contributed by atoms with E-state index < -0.39 is 23.0 Å². The summed E-state index contributed by atoms with van der Waals surface area (Å²) in [7, 11) is 0. The molecule has 1 aromatic heterocycles. The van der Waals surface area contributed by atoms with E-state index in [9.17, 15) is 19.2 Å². The smallest absolute Gasteiger partial charge is 0.272 e. The van der Waals surface area contributed by atoms with Crippen molar-refractivity contribution in [1.29, 1.82) is 0 Å². The number of thiophene rings is 1. The van der Waals surface area contributed by atoms with Gasteiger partial charge >= 0.3 is 0 Å². The molecule has 1 heterocycles. The third-order valence-electron chi connectivity index (χ3n) is 6.50. The van der Waals surface area contributed by atoms with Crippen molar-refractivity contribution in [1.82, 2.24) is 5.32 Å². The molecule has 0 bridgehead atoms. The second kappa shape index (κ2) is 14.8. The fraction of sp³-hybridized carbons (Fsp3) is 0.0286. The molecule has 0 aliphatic carbocycles. The van der Waals surface area contributed by atoms with E-state index in [1.165, 1.54) is 23.1 Å². The van der Waals surface area contributed by atoms with Crippen LogP contribution >= 0.6 is 23.1 Å². The Hall–Kier alpha value is -5.45. The predicted octanol–water partition coefficient (Wildman–Crippen LogP) is 6.73. The third-order valence-corrected chi connectivity index (χ3v) is 8.59. The van der Waals surface area contributed by atoms with Gasteiger partial charge in [-0.25, -0.2) is 0 Å². The highest BCUT2D eigenvalue weighted by Gasteiger charge is 2.23. The van der Waals surface area contributed by atoms with Gasteiger partial charge in [0.2, 0.25) is 11.8 Å². The van der Waals surface area contributed by atoms with Gasteiger partial charge in [0.1, 0.15) is 10.9 Å². The van der Waals surface area contributed by atoms with Crippen LogP contribution in [-0.2, 0) is 9.59 Å². The van der Waals surface area contributed by atoms with Crippen LogP contribution in [0, 0.1) is 0 Å². The Kier molecular flexibility index (Phi) is 10.2. The van der Waals surface area contributed by atoms with Crippen LogP contribution in [0.15, 0.2) is 137 Å². The fourth-order valence-corrected chi connectivity index (χ4v) is 5.92.